The number of benzene rings is 1. The molecule has 1 aromatic heterocycles. The maximum Gasteiger partial charge on any atom is 0.0950 e. The smallest absolute Gasteiger partial charge is 0.0950 e. The van der Waals surface area contributed by atoms with E-state index < -0.39 is 0 Å². The zero-order valence-corrected chi connectivity index (χ0v) is 9.84. The van der Waals surface area contributed by atoms with Gasteiger partial charge in [-0.1, -0.05) is 30.3 Å². The third kappa shape index (κ3) is 2.96. The summed E-state index contributed by atoms with van der Waals surface area (Å²) in [6, 6.07) is 12.0. The second kappa shape index (κ2) is 5.66. The van der Waals surface area contributed by atoms with E-state index in [0.29, 0.717) is 0 Å². The van der Waals surface area contributed by atoms with Crippen LogP contribution in [-0.2, 0) is 0 Å². The van der Waals surface area contributed by atoms with E-state index in [0.717, 1.165) is 11.1 Å². The fourth-order valence-corrected chi connectivity index (χ4v) is 1.86. The first-order chi connectivity index (χ1) is 8.31. The molecule has 17 heavy (non-hydrogen) atoms. The molecule has 0 aliphatic carbocycles. The number of hydrogen-bond acceptors (Lipinski definition) is 3. The molecule has 0 bridgehead atoms. The normalized spacial score (nSPS) is 14.5. The van der Waals surface area contributed by atoms with Gasteiger partial charge in [-0.05, 0) is 18.6 Å². The van der Waals surface area contributed by atoms with Gasteiger partial charge in [0.2, 0.25) is 0 Å². The van der Waals surface area contributed by atoms with Gasteiger partial charge in [0.15, 0.2) is 0 Å². The number of hydrogen-bond donors (Lipinski definition) is 2. The summed E-state index contributed by atoms with van der Waals surface area (Å²) in [5.41, 5.74) is 2.17. The van der Waals surface area contributed by atoms with Gasteiger partial charge in [0, 0.05) is 11.6 Å². The van der Waals surface area contributed by atoms with Crippen molar-refractivity contribution in [2.24, 2.45) is 0 Å². The molecule has 1 aromatic carbocycles. The Morgan fingerprint density at radius 2 is 1.94 bits per heavy atom. The number of aliphatic hydroxyl groups excluding tert-OH is 1. The van der Waals surface area contributed by atoms with Crippen molar-refractivity contribution < 1.29 is 9.52 Å². The van der Waals surface area contributed by atoms with Crippen molar-refractivity contribution in [2.75, 3.05) is 6.61 Å². The first-order valence-corrected chi connectivity index (χ1v) is 5.75. The van der Waals surface area contributed by atoms with Gasteiger partial charge in [-0.3, -0.25) is 0 Å². The molecule has 0 amide bonds. The van der Waals surface area contributed by atoms with Crippen LogP contribution in [0, 0.1) is 0 Å². The van der Waals surface area contributed by atoms with E-state index in [2.05, 4.69) is 12.2 Å². The van der Waals surface area contributed by atoms with Gasteiger partial charge >= 0.3 is 0 Å². The van der Waals surface area contributed by atoms with Crippen LogP contribution in [0.15, 0.2) is 53.3 Å². The Morgan fingerprint density at radius 1 is 1.18 bits per heavy atom. The van der Waals surface area contributed by atoms with E-state index in [-0.39, 0.29) is 18.7 Å². The molecule has 2 rings (SSSR count). The zero-order chi connectivity index (χ0) is 12.1. The Hall–Kier alpha value is -1.58. The van der Waals surface area contributed by atoms with Crippen LogP contribution in [0.3, 0.4) is 0 Å². The van der Waals surface area contributed by atoms with Crippen molar-refractivity contribution in [3.05, 3.63) is 60.1 Å². The highest BCUT2D eigenvalue weighted by Gasteiger charge is 2.14. The summed E-state index contributed by atoms with van der Waals surface area (Å²) in [5, 5.41) is 12.8. The molecular formula is C14H17NO2. The molecular weight excluding hydrogens is 214 g/mol. The quantitative estimate of drug-likeness (QED) is 0.831. The molecule has 0 radical (unpaired) electrons. The molecule has 1 heterocycles. The van der Waals surface area contributed by atoms with Crippen LogP contribution in [0.5, 0.6) is 0 Å². The minimum absolute atomic E-state index is 0.0545. The summed E-state index contributed by atoms with van der Waals surface area (Å²) < 4.78 is 5.05. The highest BCUT2D eigenvalue weighted by molar-refractivity contribution is 5.20. The largest absolute Gasteiger partial charge is 0.472 e. The standard InChI is InChI=1S/C14H17NO2/c1-11(13-7-8-17-10-13)15-14(9-16)12-5-3-2-4-6-12/h2-8,10-11,14-16H,9H2,1H3. The minimum atomic E-state index is -0.0545. The highest BCUT2D eigenvalue weighted by atomic mass is 16.3. The van der Waals surface area contributed by atoms with Crippen molar-refractivity contribution >= 4 is 0 Å². The third-order valence-corrected chi connectivity index (χ3v) is 2.88. The van der Waals surface area contributed by atoms with Crippen LogP contribution in [-0.4, -0.2) is 11.7 Å². The van der Waals surface area contributed by atoms with Gasteiger partial charge in [0.25, 0.3) is 0 Å². The van der Waals surface area contributed by atoms with Crippen LogP contribution >= 0.6 is 0 Å². The summed E-state index contributed by atoms with van der Waals surface area (Å²) in [5.74, 6) is 0. The van der Waals surface area contributed by atoms with Gasteiger partial charge in [0.1, 0.15) is 0 Å². The van der Waals surface area contributed by atoms with Gasteiger partial charge in [-0.15, -0.1) is 0 Å². The lowest BCUT2D eigenvalue weighted by Crippen LogP contribution is -2.27. The predicted octanol–water partition coefficient (Wildman–Crippen LogP) is 2.66. The van der Waals surface area contributed by atoms with Crippen LogP contribution < -0.4 is 5.32 Å². The fourth-order valence-electron chi connectivity index (χ4n) is 1.86. The van der Waals surface area contributed by atoms with Crippen molar-refractivity contribution in [1.29, 1.82) is 0 Å². The third-order valence-electron chi connectivity index (χ3n) is 2.88. The number of rotatable bonds is 5. The monoisotopic (exact) mass is 231 g/mol. The lowest BCUT2D eigenvalue weighted by Gasteiger charge is -2.21. The van der Waals surface area contributed by atoms with E-state index in [1.54, 1.807) is 12.5 Å². The van der Waals surface area contributed by atoms with E-state index in [4.69, 9.17) is 4.42 Å². The van der Waals surface area contributed by atoms with Gasteiger partial charge in [0.05, 0.1) is 25.2 Å². The van der Waals surface area contributed by atoms with Gasteiger partial charge < -0.3 is 14.8 Å². The van der Waals surface area contributed by atoms with Crippen LogP contribution in [0.2, 0.25) is 0 Å². The number of furan rings is 1. The van der Waals surface area contributed by atoms with E-state index in [1.165, 1.54) is 0 Å². The zero-order valence-electron chi connectivity index (χ0n) is 9.84. The predicted molar refractivity (Wildman–Crippen MR) is 66.5 cm³/mol. The minimum Gasteiger partial charge on any atom is -0.472 e. The molecule has 90 valence electrons. The first kappa shape index (κ1) is 11.9. The summed E-state index contributed by atoms with van der Waals surface area (Å²) in [4.78, 5) is 0. The van der Waals surface area contributed by atoms with Gasteiger partial charge in [-0.25, -0.2) is 0 Å². The number of nitrogens with one attached hydrogen (secondary N) is 1. The highest BCUT2D eigenvalue weighted by Crippen LogP contribution is 2.19. The van der Waals surface area contributed by atoms with Crippen molar-refractivity contribution in [3.63, 3.8) is 0 Å². The molecule has 2 aromatic rings. The molecule has 0 saturated heterocycles. The second-order valence-electron chi connectivity index (χ2n) is 4.09. The Balaban J connectivity index is 2.06. The average Bonchev–Trinajstić information content (AvgIpc) is 2.90. The molecule has 2 N–H and O–H groups in total. The van der Waals surface area contributed by atoms with Crippen molar-refractivity contribution in [2.45, 2.75) is 19.0 Å². The summed E-state index contributed by atoms with van der Waals surface area (Å²) in [6.45, 7) is 2.13. The molecule has 3 heteroatoms. The fraction of sp³-hybridized carbons (Fsp3) is 0.286. The maximum atomic E-state index is 9.44. The molecule has 0 fully saturated rings. The molecule has 0 saturated carbocycles. The average molecular weight is 231 g/mol. The summed E-state index contributed by atoms with van der Waals surface area (Å²) in [7, 11) is 0. The molecule has 2 atom stereocenters. The lowest BCUT2D eigenvalue weighted by atomic mass is 10.1. The molecule has 0 spiro atoms. The Bertz CT molecular complexity index is 425. The Labute approximate surface area is 101 Å². The topological polar surface area (TPSA) is 45.4 Å². The van der Waals surface area contributed by atoms with Crippen LogP contribution in [0.25, 0.3) is 0 Å². The molecule has 0 aliphatic rings. The Kier molecular flexibility index (Phi) is 3.96. The lowest BCUT2D eigenvalue weighted by molar-refractivity contribution is 0.235. The Morgan fingerprint density at radius 3 is 2.53 bits per heavy atom. The molecule has 0 aliphatic heterocycles. The molecule has 3 nitrogen and oxygen atoms in total. The van der Waals surface area contributed by atoms with E-state index in [1.807, 2.05) is 36.4 Å². The van der Waals surface area contributed by atoms with Gasteiger partial charge in [-0.2, -0.15) is 0 Å². The van der Waals surface area contributed by atoms with Crippen molar-refractivity contribution in [1.82, 2.24) is 5.32 Å². The SMILES string of the molecule is CC(NC(CO)c1ccccc1)c1ccoc1. The number of aliphatic hydroxyl groups is 1. The van der Waals surface area contributed by atoms with E-state index >= 15 is 0 Å². The van der Waals surface area contributed by atoms with Crippen LogP contribution in [0.4, 0.5) is 0 Å². The second-order valence-corrected chi connectivity index (χ2v) is 4.09. The van der Waals surface area contributed by atoms with E-state index in [9.17, 15) is 5.11 Å². The van der Waals surface area contributed by atoms with Crippen molar-refractivity contribution in [3.8, 4) is 0 Å². The first-order valence-electron chi connectivity index (χ1n) is 5.75. The summed E-state index contributed by atoms with van der Waals surface area (Å²) >= 11 is 0. The maximum absolute atomic E-state index is 9.44. The molecule has 2 unspecified atom stereocenters. The van der Waals surface area contributed by atoms with Crippen LogP contribution in [0.1, 0.15) is 30.1 Å². The summed E-state index contributed by atoms with van der Waals surface area (Å²) in [6.07, 6.45) is 3.38.